The van der Waals surface area contributed by atoms with Crippen LogP contribution in [0.5, 0.6) is 5.75 Å². The lowest BCUT2D eigenvalue weighted by molar-refractivity contribution is -0.159. The van der Waals surface area contributed by atoms with Crippen LogP contribution in [-0.2, 0) is 4.79 Å². The van der Waals surface area contributed by atoms with Gasteiger partial charge in [-0.1, -0.05) is 17.7 Å². The van der Waals surface area contributed by atoms with Crippen molar-refractivity contribution < 1.29 is 19.4 Å². The first-order chi connectivity index (χ1) is 12.4. The van der Waals surface area contributed by atoms with Crippen molar-refractivity contribution in [2.45, 2.75) is 25.4 Å². The van der Waals surface area contributed by atoms with Crippen molar-refractivity contribution in [1.29, 1.82) is 0 Å². The minimum absolute atomic E-state index is 0.117. The van der Waals surface area contributed by atoms with Gasteiger partial charge in [0.05, 0.1) is 6.20 Å². The molecule has 8 nitrogen and oxygen atoms in total. The minimum Gasteiger partial charge on any atom is -0.478 e. The molecule has 2 aromatic rings. The Balaban J connectivity index is 1.71. The van der Waals surface area contributed by atoms with Gasteiger partial charge in [-0.15, -0.1) is 0 Å². The van der Waals surface area contributed by atoms with Gasteiger partial charge in [0.25, 0.3) is 11.5 Å². The summed E-state index contributed by atoms with van der Waals surface area (Å²) in [7, 11) is 0. The van der Waals surface area contributed by atoms with Gasteiger partial charge in [0, 0.05) is 32.1 Å². The smallest absolute Gasteiger partial charge is 0.348 e. The van der Waals surface area contributed by atoms with Crippen molar-refractivity contribution in [2.75, 3.05) is 13.1 Å². The average molecular weight is 357 g/mol. The molecule has 26 heavy (non-hydrogen) atoms. The molecule has 1 saturated heterocycles. The highest BCUT2D eigenvalue weighted by Gasteiger charge is 2.45. The second kappa shape index (κ2) is 6.99. The molecule has 0 radical (unpaired) electrons. The fourth-order valence-electron chi connectivity index (χ4n) is 2.88. The van der Waals surface area contributed by atoms with Gasteiger partial charge in [0.2, 0.25) is 5.60 Å². The van der Waals surface area contributed by atoms with Crippen LogP contribution in [0.15, 0.2) is 41.5 Å². The van der Waals surface area contributed by atoms with Crippen LogP contribution in [0.1, 0.15) is 28.9 Å². The zero-order valence-corrected chi connectivity index (χ0v) is 14.3. The standard InChI is InChI=1S/C18H19N3O5/c1-12-2-4-13(5-3-12)26-18(17(24)25)6-8-21(9-7-18)16(23)14-10-20-15(22)11-19-14/h2-5,10-11H,6-9H2,1H3,(H,20,22)(H,24,25). The van der Waals surface area contributed by atoms with Crippen LogP contribution in [0.4, 0.5) is 0 Å². The fraction of sp³-hybridized carbons (Fsp3) is 0.333. The number of carboxylic acids is 1. The molecule has 3 rings (SSSR count). The van der Waals surface area contributed by atoms with Crippen molar-refractivity contribution in [2.24, 2.45) is 0 Å². The Morgan fingerprint density at radius 1 is 1.23 bits per heavy atom. The van der Waals surface area contributed by atoms with Crippen LogP contribution < -0.4 is 10.3 Å². The molecule has 1 aromatic heterocycles. The lowest BCUT2D eigenvalue weighted by Crippen LogP contribution is -2.54. The number of nitrogens with one attached hydrogen (secondary N) is 1. The van der Waals surface area contributed by atoms with E-state index in [9.17, 15) is 19.5 Å². The van der Waals surface area contributed by atoms with Crippen LogP contribution in [0.3, 0.4) is 0 Å². The average Bonchev–Trinajstić information content (AvgIpc) is 2.64. The number of aryl methyl sites for hydroxylation is 1. The Morgan fingerprint density at radius 2 is 1.88 bits per heavy atom. The van der Waals surface area contributed by atoms with E-state index in [0.29, 0.717) is 5.75 Å². The summed E-state index contributed by atoms with van der Waals surface area (Å²) in [4.78, 5) is 43.1. The largest absolute Gasteiger partial charge is 0.478 e. The van der Waals surface area contributed by atoms with Crippen LogP contribution in [0.2, 0.25) is 0 Å². The highest BCUT2D eigenvalue weighted by Crippen LogP contribution is 2.30. The first-order valence-corrected chi connectivity index (χ1v) is 8.23. The minimum atomic E-state index is -1.37. The first kappa shape index (κ1) is 17.7. The lowest BCUT2D eigenvalue weighted by Gasteiger charge is -2.38. The number of benzene rings is 1. The van der Waals surface area contributed by atoms with Gasteiger partial charge in [0.1, 0.15) is 11.4 Å². The van der Waals surface area contributed by atoms with Crippen molar-refractivity contribution in [1.82, 2.24) is 14.9 Å². The third kappa shape index (κ3) is 3.58. The van der Waals surface area contributed by atoms with Gasteiger partial charge < -0.3 is 19.7 Å². The quantitative estimate of drug-likeness (QED) is 0.851. The summed E-state index contributed by atoms with van der Waals surface area (Å²) in [6.07, 6.45) is 2.61. The Labute approximate surface area is 149 Å². The van der Waals surface area contributed by atoms with E-state index in [1.165, 1.54) is 11.1 Å². The Morgan fingerprint density at radius 3 is 2.42 bits per heavy atom. The number of nitrogens with zero attached hydrogens (tertiary/aromatic N) is 2. The maximum Gasteiger partial charge on any atom is 0.348 e. The van der Waals surface area contributed by atoms with E-state index in [4.69, 9.17) is 4.74 Å². The molecule has 1 aliphatic rings. The number of aromatic amines is 1. The number of aromatic nitrogens is 2. The van der Waals surface area contributed by atoms with E-state index in [1.807, 2.05) is 19.1 Å². The molecule has 0 atom stereocenters. The van der Waals surface area contributed by atoms with E-state index in [2.05, 4.69) is 9.97 Å². The molecule has 0 unspecified atom stereocenters. The second-order valence-electron chi connectivity index (χ2n) is 6.30. The van der Waals surface area contributed by atoms with E-state index in [0.717, 1.165) is 11.8 Å². The van der Waals surface area contributed by atoms with Crippen LogP contribution in [0, 0.1) is 6.92 Å². The van der Waals surface area contributed by atoms with Crippen LogP contribution in [0.25, 0.3) is 0 Å². The van der Waals surface area contributed by atoms with Crippen molar-refractivity contribution in [3.63, 3.8) is 0 Å². The van der Waals surface area contributed by atoms with Crippen molar-refractivity contribution in [3.05, 3.63) is 58.3 Å². The summed E-state index contributed by atoms with van der Waals surface area (Å²) in [5, 5.41) is 9.70. The van der Waals surface area contributed by atoms with Gasteiger partial charge in [-0.2, -0.15) is 0 Å². The van der Waals surface area contributed by atoms with Crippen LogP contribution in [-0.4, -0.2) is 50.5 Å². The third-order valence-corrected chi connectivity index (χ3v) is 4.47. The number of carbonyl (C=O) groups excluding carboxylic acids is 1. The molecule has 1 fully saturated rings. The number of rotatable bonds is 4. The number of carbonyl (C=O) groups is 2. The predicted octanol–water partition coefficient (Wildman–Crippen LogP) is 1.22. The molecule has 1 amide bonds. The van der Waals surface area contributed by atoms with Gasteiger partial charge in [-0.3, -0.25) is 9.59 Å². The van der Waals surface area contributed by atoms with E-state index in [-0.39, 0.29) is 37.5 Å². The molecule has 8 heteroatoms. The van der Waals surface area contributed by atoms with Crippen molar-refractivity contribution >= 4 is 11.9 Å². The number of piperidine rings is 1. The van der Waals surface area contributed by atoms with Crippen LogP contribution >= 0.6 is 0 Å². The number of carboxylic acid groups (broad SMARTS) is 1. The molecule has 0 aliphatic carbocycles. The van der Waals surface area contributed by atoms with Gasteiger partial charge in [-0.05, 0) is 19.1 Å². The molecule has 2 heterocycles. The van der Waals surface area contributed by atoms with Gasteiger partial charge in [0.15, 0.2) is 0 Å². The predicted molar refractivity (Wildman–Crippen MR) is 92.2 cm³/mol. The number of hydrogen-bond donors (Lipinski definition) is 2. The summed E-state index contributed by atoms with van der Waals surface area (Å²) < 4.78 is 5.81. The Hall–Kier alpha value is -3.16. The highest BCUT2D eigenvalue weighted by molar-refractivity contribution is 5.92. The molecular formula is C18H19N3O5. The maximum atomic E-state index is 12.4. The number of hydrogen-bond acceptors (Lipinski definition) is 5. The monoisotopic (exact) mass is 357 g/mol. The first-order valence-electron chi connectivity index (χ1n) is 8.23. The number of aliphatic carboxylic acids is 1. The summed E-state index contributed by atoms with van der Waals surface area (Å²) in [6, 6.07) is 7.18. The van der Waals surface area contributed by atoms with Gasteiger partial charge in [-0.25, -0.2) is 9.78 Å². The second-order valence-corrected chi connectivity index (χ2v) is 6.30. The Kier molecular flexibility index (Phi) is 4.75. The summed E-state index contributed by atoms with van der Waals surface area (Å²) in [5.74, 6) is -0.914. The van der Waals surface area contributed by atoms with Gasteiger partial charge >= 0.3 is 5.97 Å². The molecule has 1 aliphatic heterocycles. The lowest BCUT2D eigenvalue weighted by atomic mass is 9.91. The maximum absolute atomic E-state index is 12.4. The number of likely N-dealkylation sites (tertiary alicyclic amines) is 1. The molecule has 0 spiro atoms. The summed E-state index contributed by atoms with van der Waals surface area (Å²) in [5.41, 5.74) is -0.594. The normalized spacial score (nSPS) is 16.1. The summed E-state index contributed by atoms with van der Waals surface area (Å²) in [6.45, 7) is 2.38. The SMILES string of the molecule is Cc1ccc(OC2(C(=O)O)CCN(C(=O)c3c[nH]c(=O)cn3)CC2)cc1. The number of ether oxygens (including phenoxy) is 1. The van der Waals surface area contributed by atoms with E-state index in [1.54, 1.807) is 12.1 Å². The number of amides is 1. The molecular weight excluding hydrogens is 338 g/mol. The molecule has 0 bridgehead atoms. The Bertz CT molecular complexity index is 847. The fourth-order valence-corrected chi connectivity index (χ4v) is 2.88. The molecule has 0 saturated carbocycles. The van der Waals surface area contributed by atoms with E-state index < -0.39 is 17.1 Å². The number of H-pyrrole nitrogens is 1. The zero-order valence-electron chi connectivity index (χ0n) is 14.3. The topological polar surface area (TPSA) is 113 Å². The molecule has 136 valence electrons. The van der Waals surface area contributed by atoms with Crippen molar-refractivity contribution in [3.8, 4) is 5.75 Å². The van der Waals surface area contributed by atoms with E-state index >= 15 is 0 Å². The zero-order chi connectivity index (χ0) is 18.7. The molecule has 2 N–H and O–H groups in total. The third-order valence-electron chi connectivity index (χ3n) is 4.47. The highest BCUT2D eigenvalue weighted by atomic mass is 16.5. The summed E-state index contributed by atoms with van der Waals surface area (Å²) >= 11 is 0. The molecule has 1 aromatic carbocycles.